The molecule has 43 heavy (non-hydrogen) atoms. The van der Waals surface area contributed by atoms with E-state index in [0.717, 1.165) is 31.2 Å². The van der Waals surface area contributed by atoms with Crippen LogP contribution in [0.25, 0.3) is 0 Å². The molecule has 0 unspecified atom stereocenters. The number of carbonyl (C=O) groups excluding carboxylic acids is 3. The van der Waals surface area contributed by atoms with Gasteiger partial charge in [-0.2, -0.15) is 13.2 Å². The van der Waals surface area contributed by atoms with Gasteiger partial charge < -0.3 is 21.5 Å². The maximum atomic E-state index is 13.2. The molecule has 8 nitrogen and oxygen atoms in total. The molecule has 1 amide bonds. The van der Waals surface area contributed by atoms with E-state index >= 15 is 0 Å². The third-order valence-corrected chi connectivity index (χ3v) is 7.73. The van der Waals surface area contributed by atoms with Gasteiger partial charge in [0.05, 0.1) is 11.6 Å². The Balaban J connectivity index is 0.000000541. The lowest BCUT2D eigenvalue weighted by molar-refractivity contribution is -0.192. The minimum atomic E-state index is -5.08. The maximum Gasteiger partial charge on any atom is 0.490 e. The Morgan fingerprint density at radius 1 is 0.860 bits per heavy atom. The summed E-state index contributed by atoms with van der Waals surface area (Å²) in [7, 11) is 0. The van der Waals surface area contributed by atoms with Gasteiger partial charge in [0.2, 0.25) is 5.91 Å². The summed E-state index contributed by atoms with van der Waals surface area (Å²) in [4.78, 5) is 47.8. The van der Waals surface area contributed by atoms with Crippen LogP contribution in [0.4, 0.5) is 18.9 Å². The van der Waals surface area contributed by atoms with Gasteiger partial charge in [0.1, 0.15) is 0 Å². The average molecular weight is 616 g/mol. The molecule has 1 saturated carbocycles. The zero-order valence-electron chi connectivity index (χ0n) is 22.8. The Morgan fingerprint density at radius 3 is 2.00 bits per heavy atom. The number of fused-ring (bicyclic) bond motifs is 2. The summed E-state index contributed by atoms with van der Waals surface area (Å²) in [6.07, 6.45) is -1.45. The molecular formula is C31H29ClF3N3O5. The fraction of sp³-hybridized carbons (Fsp3) is 0.290. The molecule has 3 aromatic rings. The van der Waals surface area contributed by atoms with Gasteiger partial charge in [0.25, 0.3) is 0 Å². The SMILES string of the molecule is N[C@@H](Cc1ccccc1Cl)C(=O)NC1CCC(Nc2cccc3c2C(=O)c2ccccc2C3=O)CC1.O=C(O)C(F)(F)F. The van der Waals surface area contributed by atoms with E-state index in [1.54, 1.807) is 36.4 Å². The smallest absolute Gasteiger partial charge is 0.475 e. The van der Waals surface area contributed by atoms with Crippen molar-refractivity contribution in [3.8, 4) is 0 Å². The number of amides is 1. The Hall–Kier alpha value is -4.22. The lowest BCUT2D eigenvalue weighted by Gasteiger charge is -2.32. The van der Waals surface area contributed by atoms with Crippen molar-refractivity contribution >= 4 is 40.7 Å². The van der Waals surface area contributed by atoms with Crippen molar-refractivity contribution in [1.29, 1.82) is 0 Å². The number of halogens is 4. The molecule has 3 aromatic carbocycles. The zero-order chi connectivity index (χ0) is 31.3. The third kappa shape index (κ3) is 7.60. The number of aliphatic carboxylic acids is 1. The highest BCUT2D eigenvalue weighted by Gasteiger charge is 2.38. The third-order valence-electron chi connectivity index (χ3n) is 7.36. The second-order valence-corrected chi connectivity index (χ2v) is 10.7. The lowest BCUT2D eigenvalue weighted by atomic mass is 9.83. The summed E-state index contributed by atoms with van der Waals surface area (Å²) in [5.41, 5.74) is 9.48. The van der Waals surface area contributed by atoms with Crippen molar-refractivity contribution in [2.45, 2.75) is 56.4 Å². The van der Waals surface area contributed by atoms with Crippen molar-refractivity contribution < 1.29 is 37.5 Å². The number of anilines is 1. The molecule has 12 heteroatoms. The van der Waals surface area contributed by atoms with Gasteiger partial charge in [-0.1, -0.05) is 66.2 Å². The van der Waals surface area contributed by atoms with Crippen LogP contribution in [-0.2, 0) is 16.0 Å². The first-order valence-corrected chi connectivity index (χ1v) is 13.9. The number of ketones is 2. The number of carboxylic acid groups (broad SMARTS) is 1. The molecule has 0 spiro atoms. The highest BCUT2D eigenvalue weighted by Crippen LogP contribution is 2.33. The standard InChI is InChI=1S/C29H28ClN3O3.C2HF3O2/c30-23-10-4-1-6-17(23)16-24(31)29(36)33-19-14-12-18(13-15-19)32-25-11-5-9-22-26(25)28(35)21-8-3-2-7-20(21)27(22)34;3-2(4,5)1(6)7/h1-11,18-19,24,32H,12-16,31H2,(H,33,36);(H,6,7)/t18?,19?,24-;/m0./s1. The first-order valence-electron chi connectivity index (χ1n) is 13.5. The Labute approximate surface area is 250 Å². The van der Waals surface area contributed by atoms with Gasteiger partial charge >= 0.3 is 12.1 Å². The van der Waals surface area contributed by atoms with Crippen LogP contribution in [0.5, 0.6) is 0 Å². The molecule has 0 heterocycles. The molecule has 2 aliphatic carbocycles. The molecule has 226 valence electrons. The first kappa shape index (κ1) is 31.7. The molecule has 0 saturated heterocycles. The van der Waals surface area contributed by atoms with Crippen LogP contribution in [0.3, 0.4) is 0 Å². The van der Waals surface area contributed by atoms with Gasteiger partial charge in [-0.15, -0.1) is 0 Å². The molecule has 1 atom stereocenters. The lowest BCUT2D eigenvalue weighted by Crippen LogP contribution is -2.48. The molecule has 0 aliphatic heterocycles. The molecule has 2 aliphatic rings. The quantitative estimate of drug-likeness (QED) is 0.235. The van der Waals surface area contributed by atoms with Gasteiger partial charge in [-0.05, 0) is 49.8 Å². The van der Waals surface area contributed by atoms with E-state index in [0.29, 0.717) is 39.4 Å². The van der Waals surface area contributed by atoms with Gasteiger partial charge in [0, 0.05) is 39.5 Å². The van der Waals surface area contributed by atoms with Crippen molar-refractivity contribution in [3.05, 3.63) is 99.6 Å². The fourth-order valence-corrected chi connectivity index (χ4v) is 5.38. The molecule has 5 N–H and O–H groups in total. The number of nitrogens with two attached hydrogens (primary N) is 1. The fourth-order valence-electron chi connectivity index (χ4n) is 5.17. The molecule has 5 rings (SSSR count). The number of hydrogen-bond acceptors (Lipinski definition) is 6. The van der Waals surface area contributed by atoms with Crippen LogP contribution in [0, 0.1) is 0 Å². The van der Waals surface area contributed by atoms with Gasteiger partial charge in [-0.25, -0.2) is 4.79 Å². The predicted octanol–water partition coefficient (Wildman–Crippen LogP) is 5.16. The summed E-state index contributed by atoms with van der Waals surface area (Å²) in [6.45, 7) is 0. The number of nitrogens with one attached hydrogen (secondary N) is 2. The van der Waals surface area contributed by atoms with E-state index in [4.69, 9.17) is 27.2 Å². The number of carbonyl (C=O) groups is 4. The second kappa shape index (κ2) is 13.4. The number of hydrogen-bond donors (Lipinski definition) is 4. The molecule has 1 fully saturated rings. The van der Waals surface area contributed by atoms with Crippen LogP contribution in [0.15, 0.2) is 66.7 Å². The summed E-state index contributed by atoms with van der Waals surface area (Å²) in [5, 5.41) is 14.3. The van der Waals surface area contributed by atoms with E-state index in [1.807, 2.05) is 30.3 Å². The van der Waals surface area contributed by atoms with Gasteiger partial charge in [-0.3, -0.25) is 14.4 Å². The van der Waals surface area contributed by atoms with Gasteiger partial charge in [0.15, 0.2) is 11.6 Å². The summed E-state index contributed by atoms with van der Waals surface area (Å²) < 4.78 is 31.7. The molecule has 0 aromatic heterocycles. The number of benzene rings is 3. The van der Waals surface area contributed by atoms with Crippen molar-refractivity contribution in [1.82, 2.24) is 5.32 Å². The summed E-state index contributed by atoms with van der Waals surface area (Å²) in [5.74, 6) is -3.18. The monoisotopic (exact) mass is 615 g/mol. The van der Waals surface area contributed by atoms with E-state index < -0.39 is 18.2 Å². The predicted molar refractivity (Wildman–Crippen MR) is 154 cm³/mol. The molecule has 0 radical (unpaired) electrons. The van der Waals surface area contributed by atoms with E-state index in [1.165, 1.54) is 0 Å². The average Bonchev–Trinajstić information content (AvgIpc) is 2.98. The van der Waals surface area contributed by atoms with Crippen molar-refractivity contribution in [2.24, 2.45) is 5.73 Å². The van der Waals surface area contributed by atoms with E-state index in [9.17, 15) is 27.6 Å². The molecule has 0 bridgehead atoms. The van der Waals surface area contributed by atoms with Crippen LogP contribution >= 0.6 is 11.6 Å². The summed E-state index contributed by atoms with van der Waals surface area (Å²) >= 11 is 6.20. The minimum absolute atomic E-state index is 0.0487. The van der Waals surface area contributed by atoms with E-state index in [2.05, 4.69) is 10.6 Å². The molecular weight excluding hydrogens is 587 g/mol. The normalized spacial score (nSPS) is 18.3. The van der Waals surface area contributed by atoms with Crippen molar-refractivity contribution in [3.63, 3.8) is 0 Å². The number of carboxylic acids is 1. The van der Waals surface area contributed by atoms with Crippen LogP contribution < -0.4 is 16.4 Å². The van der Waals surface area contributed by atoms with Crippen molar-refractivity contribution in [2.75, 3.05) is 5.32 Å². The Kier molecular flexibility index (Phi) is 9.87. The Morgan fingerprint density at radius 2 is 1.40 bits per heavy atom. The second-order valence-electron chi connectivity index (χ2n) is 10.3. The highest BCUT2D eigenvalue weighted by molar-refractivity contribution is 6.31. The number of rotatable bonds is 6. The maximum absolute atomic E-state index is 13.2. The summed E-state index contributed by atoms with van der Waals surface area (Å²) in [6, 6.07) is 19.3. The zero-order valence-corrected chi connectivity index (χ0v) is 23.5. The largest absolute Gasteiger partial charge is 0.490 e. The van der Waals surface area contributed by atoms with Crippen LogP contribution in [-0.4, -0.2) is 52.9 Å². The Bertz CT molecular complexity index is 1540. The first-order chi connectivity index (χ1) is 20.4. The van der Waals surface area contributed by atoms with E-state index in [-0.39, 0.29) is 29.6 Å². The minimum Gasteiger partial charge on any atom is -0.475 e. The van der Waals surface area contributed by atoms with Crippen LogP contribution in [0.1, 0.15) is 63.1 Å². The topological polar surface area (TPSA) is 139 Å². The highest BCUT2D eigenvalue weighted by atomic mass is 35.5. The number of alkyl halides is 3. The van der Waals surface area contributed by atoms with Crippen LogP contribution in [0.2, 0.25) is 5.02 Å².